The first kappa shape index (κ1) is 16.4. The van der Waals surface area contributed by atoms with Crippen LogP contribution in [0.4, 0.5) is 5.69 Å². The maximum absolute atomic E-state index is 12.1. The van der Waals surface area contributed by atoms with Crippen molar-refractivity contribution in [2.75, 3.05) is 5.32 Å². The van der Waals surface area contributed by atoms with E-state index in [2.05, 4.69) is 15.8 Å². The molecule has 0 fully saturated rings. The van der Waals surface area contributed by atoms with E-state index in [0.717, 1.165) is 16.3 Å². The van der Waals surface area contributed by atoms with Crippen molar-refractivity contribution in [1.29, 1.82) is 0 Å². The molecule has 0 aromatic heterocycles. The zero-order chi connectivity index (χ0) is 17.6. The summed E-state index contributed by atoms with van der Waals surface area (Å²) in [6.07, 6.45) is 1.63. The van der Waals surface area contributed by atoms with Crippen molar-refractivity contribution in [3.05, 3.63) is 77.9 Å². The predicted octanol–water partition coefficient (Wildman–Crippen LogP) is 3.56. The van der Waals surface area contributed by atoms with E-state index < -0.39 is 0 Å². The van der Waals surface area contributed by atoms with Crippen molar-refractivity contribution >= 4 is 34.5 Å². The normalized spacial score (nSPS) is 10.8. The van der Waals surface area contributed by atoms with Crippen LogP contribution in [0.15, 0.2) is 71.8 Å². The molecule has 2 N–H and O–H groups in total. The van der Waals surface area contributed by atoms with Crippen molar-refractivity contribution in [2.45, 2.75) is 6.92 Å². The van der Waals surface area contributed by atoms with Gasteiger partial charge in [0.05, 0.1) is 6.21 Å². The van der Waals surface area contributed by atoms with Crippen LogP contribution < -0.4 is 10.7 Å². The predicted molar refractivity (Wildman–Crippen MR) is 99.8 cm³/mol. The summed E-state index contributed by atoms with van der Waals surface area (Å²) < 4.78 is 0. The van der Waals surface area contributed by atoms with Crippen LogP contribution in [0.25, 0.3) is 10.8 Å². The first-order chi connectivity index (χ1) is 12.1. The molecule has 3 aromatic carbocycles. The molecule has 3 rings (SSSR count). The highest BCUT2D eigenvalue weighted by molar-refractivity contribution is 6.01. The second-order valence-corrected chi connectivity index (χ2v) is 5.53. The topological polar surface area (TPSA) is 70.6 Å². The fourth-order valence-electron chi connectivity index (χ4n) is 2.50. The molecule has 124 valence electrons. The van der Waals surface area contributed by atoms with Gasteiger partial charge in [0.25, 0.3) is 5.91 Å². The molecule has 0 unspecified atom stereocenters. The maximum atomic E-state index is 12.1. The highest BCUT2D eigenvalue weighted by Crippen LogP contribution is 2.16. The average molecular weight is 331 g/mol. The molecule has 0 spiro atoms. The van der Waals surface area contributed by atoms with Crippen LogP contribution in [0.3, 0.4) is 0 Å². The van der Waals surface area contributed by atoms with Gasteiger partial charge in [-0.25, -0.2) is 5.43 Å². The first-order valence-electron chi connectivity index (χ1n) is 7.82. The number of amides is 2. The minimum absolute atomic E-state index is 0.156. The Balaban J connectivity index is 1.69. The highest BCUT2D eigenvalue weighted by Gasteiger charge is 2.04. The number of hydrogen-bond donors (Lipinski definition) is 2. The number of fused-ring (bicyclic) bond motifs is 1. The lowest BCUT2D eigenvalue weighted by Gasteiger charge is -2.04. The number of carbonyl (C=O) groups is 2. The van der Waals surface area contributed by atoms with Crippen LogP contribution in [0.2, 0.25) is 0 Å². The summed E-state index contributed by atoms with van der Waals surface area (Å²) in [6, 6.07) is 20.5. The Labute approximate surface area is 145 Å². The number of nitrogens with zero attached hydrogens (tertiary/aromatic N) is 1. The Hall–Kier alpha value is -3.47. The van der Waals surface area contributed by atoms with Crippen LogP contribution in [-0.2, 0) is 4.79 Å². The van der Waals surface area contributed by atoms with E-state index in [1.54, 1.807) is 30.5 Å². The van der Waals surface area contributed by atoms with Crippen LogP contribution in [-0.4, -0.2) is 18.0 Å². The average Bonchev–Trinajstić information content (AvgIpc) is 2.62. The number of rotatable bonds is 4. The minimum atomic E-state index is -0.314. The van der Waals surface area contributed by atoms with Gasteiger partial charge in [-0.3, -0.25) is 9.59 Å². The van der Waals surface area contributed by atoms with Crippen molar-refractivity contribution in [1.82, 2.24) is 5.43 Å². The SMILES string of the molecule is CC(=O)Nc1ccc(C(=O)N/N=C\c2cccc3ccccc23)cc1. The molecule has 5 nitrogen and oxygen atoms in total. The summed E-state index contributed by atoms with van der Waals surface area (Å²) in [5.74, 6) is -0.470. The van der Waals surface area contributed by atoms with Crippen molar-refractivity contribution in [3.63, 3.8) is 0 Å². The number of benzene rings is 3. The largest absolute Gasteiger partial charge is 0.326 e. The molecule has 0 aliphatic rings. The summed E-state index contributed by atoms with van der Waals surface area (Å²) in [5, 5.41) is 8.89. The van der Waals surface area contributed by atoms with E-state index >= 15 is 0 Å². The quantitative estimate of drug-likeness (QED) is 0.567. The van der Waals surface area contributed by atoms with Gasteiger partial charge in [-0.15, -0.1) is 0 Å². The summed E-state index contributed by atoms with van der Waals surface area (Å²) in [6.45, 7) is 1.43. The van der Waals surface area contributed by atoms with Gasteiger partial charge in [0.15, 0.2) is 0 Å². The third-order valence-electron chi connectivity index (χ3n) is 3.66. The van der Waals surface area contributed by atoms with Gasteiger partial charge in [0.2, 0.25) is 5.91 Å². The number of nitrogens with one attached hydrogen (secondary N) is 2. The molecule has 0 atom stereocenters. The second kappa shape index (κ2) is 7.40. The number of anilines is 1. The zero-order valence-corrected chi connectivity index (χ0v) is 13.7. The lowest BCUT2D eigenvalue weighted by atomic mass is 10.1. The molecule has 0 saturated heterocycles. The van der Waals surface area contributed by atoms with Crippen LogP contribution in [0, 0.1) is 0 Å². The van der Waals surface area contributed by atoms with Gasteiger partial charge >= 0.3 is 0 Å². The number of carbonyl (C=O) groups excluding carboxylic acids is 2. The van der Waals surface area contributed by atoms with Gasteiger partial charge < -0.3 is 5.32 Å². The molecule has 0 heterocycles. The monoisotopic (exact) mass is 331 g/mol. The molecule has 3 aromatic rings. The zero-order valence-electron chi connectivity index (χ0n) is 13.7. The third-order valence-corrected chi connectivity index (χ3v) is 3.66. The Morgan fingerprint density at radius 2 is 1.64 bits per heavy atom. The Kier molecular flexibility index (Phi) is 4.85. The molecule has 0 bridgehead atoms. The summed E-state index contributed by atoms with van der Waals surface area (Å²) in [4.78, 5) is 23.1. The minimum Gasteiger partial charge on any atom is -0.326 e. The van der Waals surface area contributed by atoms with E-state index in [1.165, 1.54) is 6.92 Å². The lowest BCUT2D eigenvalue weighted by Crippen LogP contribution is -2.17. The lowest BCUT2D eigenvalue weighted by molar-refractivity contribution is -0.114. The summed E-state index contributed by atoms with van der Waals surface area (Å²) >= 11 is 0. The van der Waals surface area contributed by atoms with Gasteiger partial charge in [-0.1, -0.05) is 42.5 Å². The fourth-order valence-corrected chi connectivity index (χ4v) is 2.50. The third kappa shape index (κ3) is 4.09. The second-order valence-electron chi connectivity index (χ2n) is 5.53. The molecule has 25 heavy (non-hydrogen) atoms. The number of hydrogen-bond acceptors (Lipinski definition) is 3. The number of hydrazone groups is 1. The highest BCUT2D eigenvalue weighted by atomic mass is 16.2. The summed E-state index contributed by atoms with van der Waals surface area (Å²) in [7, 11) is 0. The Morgan fingerprint density at radius 3 is 2.40 bits per heavy atom. The van der Waals surface area contributed by atoms with Crippen molar-refractivity contribution in [2.24, 2.45) is 5.10 Å². The van der Waals surface area contributed by atoms with Crippen LogP contribution >= 0.6 is 0 Å². The Bertz CT molecular complexity index is 941. The molecule has 5 heteroatoms. The van der Waals surface area contributed by atoms with Crippen LogP contribution in [0.1, 0.15) is 22.8 Å². The molecule has 0 saturated carbocycles. The molecule has 0 radical (unpaired) electrons. The Morgan fingerprint density at radius 1 is 0.920 bits per heavy atom. The van der Waals surface area contributed by atoms with Crippen LogP contribution in [0.5, 0.6) is 0 Å². The van der Waals surface area contributed by atoms with E-state index in [4.69, 9.17) is 0 Å². The molecule has 0 aliphatic heterocycles. The molecule has 2 amide bonds. The first-order valence-corrected chi connectivity index (χ1v) is 7.82. The van der Waals surface area contributed by atoms with Gasteiger partial charge in [-0.2, -0.15) is 5.10 Å². The van der Waals surface area contributed by atoms with E-state index in [1.807, 2.05) is 42.5 Å². The van der Waals surface area contributed by atoms with E-state index in [0.29, 0.717) is 11.3 Å². The standard InChI is InChI=1S/C20H17N3O2/c1-14(24)22-18-11-9-16(10-12-18)20(25)23-21-13-17-7-4-6-15-5-2-3-8-19(15)17/h2-13H,1H3,(H,22,24)(H,23,25)/b21-13-. The molecule has 0 aliphatic carbocycles. The fraction of sp³-hybridized carbons (Fsp3) is 0.0500. The molecular formula is C20H17N3O2. The van der Waals surface area contributed by atoms with E-state index in [9.17, 15) is 9.59 Å². The van der Waals surface area contributed by atoms with E-state index in [-0.39, 0.29) is 11.8 Å². The molecular weight excluding hydrogens is 314 g/mol. The smallest absolute Gasteiger partial charge is 0.271 e. The van der Waals surface area contributed by atoms with Crippen molar-refractivity contribution < 1.29 is 9.59 Å². The summed E-state index contributed by atoms with van der Waals surface area (Å²) in [5.41, 5.74) is 4.55. The van der Waals surface area contributed by atoms with Gasteiger partial charge in [0, 0.05) is 23.7 Å². The van der Waals surface area contributed by atoms with Crippen molar-refractivity contribution in [3.8, 4) is 0 Å². The van der Waals surface area contributed by atoms with Gasteiger partial charge in [0.1, 0.15) is 0 Å². The van der Waals surface area contributed by atoms with Gasteiger partial charge in [-0.05, 0) is 35.0 Å². The maximum Gasteiger partial charge on any atom is 0.271 e.